The van der Waals surface area contributed by atoms with Crippen LogP contribution in [0.2, 0.25) is 0 Å². The van der Waals surface area contributed by atoms with Crippen LogP contribution in [0.1, 0.15) is 33.3 Å². The number of aromatic nitrogens is 3. The lowest BCUT2D eigenvalue weighted by atomic mass is 10.1. The van der Waals surface area contributed by atoms with E-state index >= 15 is 0 Å². The fraction of sp³-hybridized carbons (Fsp3) is 0.176. The highest BCUT2D eigenvalue weighted by molar-refractivity contribution is 5.90. The van der Waals surface area contributed by atoms with Crippen LogP contribution in [0.4, 0.5) is 13.2 Å². The summed E-state index contributed by atoms with van der Waals surface area (Å²) in [4.78, 5) is 40.7. The first-order chi connectivity index (χ1) is 12.7. The summed E-state index contributed by atoms with van der Waals surface area (Å²) in [6, 6.07) is 3.15. The molecule has 0 saturated carbocycles. The molecule has 0 fully saturated rings. The van der Waals surface area contributed by atoms with E-state index in [1.807, 2.05) is 0 Å². The van der Waals surface area contributed by atoms with Crippen LogP contribution in [-0.4, -0.2) is 33.4 Å². The monoisotopic (exact) mass is 379 g/mol. The number of nitrogens with one attached hydrogen (secondary N) is 1. The number of fused-ring (bicyclic) bond motifs is 1. The first-order valence-corrected chi connectivity index (χ1v) is 7.70. The average molecular weight is 379 g/mol. The maximum atomic E-state index is 13.5. The van der Waals surface area contributed by atoms with Gasteiger partial charge in [0.1, 0.15) is 0 Å². The highest BCUT2D eigenvalue weighted by Gasteiger charge is 2.35. The molecule has 140 valence electrons. The van der Waals surface area contributed by atoms with E-state index in [0.29, 0.717) is 6.29 Å². The number of halogens is 3. The zero-order chi connectivity index (χ0) is 19.8. The normalized spacial score (nSPS) is 11.6. The smallest absolute Gasteiger partial charge is 0.418 e. The number of benzene rings is 1. The van der Waals surface area contributed by atoms with Gasteiger partial charge in [-0.15, -0.1) is 0 Å². The molecule has 0 bridgehead atoms. The van der Waals surface area contributed by atoms with E-state index in [4.69, 9.17) is 4.74 Å². The third-order valence-electron chi connectivity index (χ3n) is 3.71. The van der Waals surface area contributed by atoms with Gasteiger partial charge < -0.3 is 14.3 Å². The van der Waals surface area contributed by atoms with Crippen molar-refractivity contribution >= 4 is 23.3 Å². The minimum Gasteiger partial charge on any atom is -0.461 e. The van der Waals surface area contributed by atoms with E-state index in [1.165, 1.54) is 25.4 Å². The molecule has 0 aliphatic heterocycles. The van der Waals surface area contributed by atoms with Crippen molar-refractivity contribution in [2.45, 2.75) is 13.1 Å². The summed E-state index contributed by atoms with van der Waals surface area (Å²) in [7, 11) is 0. The van der Waals surface area contributed by atoms with Crippen LogP contribution in [0, 0.1) is 0 Å². The van der Waals surface area contributed by atoms with Gasteiger partial charge in [-0.1, -0.05) is 0 Å². The molecule has 2 heterocycles. The molecule has 3 rings (SSSR count). The predicted molar refractivity (Wildman–Crippen MR) is 88.0 cm³/mol. The van der Waals surface area contributed by atoms with Crippen molar-refractivity contribution in [1.29, 1.82) is 0 Å². The number of hydrogen-bond acceptors (Lipinski definition) is 5. The number of hydrogen-bond donors (Lipinski definition) is 1. The van der Waals surface area contributed by atoms with Crippen molar-refractivity contribution in [2.24, 2.45) is 0 Å². The lowest BCUT2D eigenvalue weighted by Gasteiger charge is -2.15. The Balaban J connectivity index is 2.28. The Morgan fingerprint density at radius 3 is 2.70 bits per heavy atom. The predicted octanol–water partition coefficient (Wildman–Crippen LogP) is 2.72. The quantitative estimate of drug-likeness (QED) is 0.556. The molecule has 0 aliphatic carbocycles. The minimum absolute atomic E-state index is 0.00803. The maximum absolute atomic E-state index is 13.5. The maximum Gasteiger partial charge on any atom is 0.418 e. The molecule has 27 heavy (non-hydrogen) atoms. The zero-order valence-electron chi connectivity index (χ0n) is 13.8. The van der Waals surface area contributed by atoms with Crippen LogP contribution in [0.5, 0.6) is 0 Å². The number of esters is 1. The van der Waals surface area contributed by atoms with Gasteiger partial charge in [0.25, 0.3) is 5.56 Å². The average Bonchev–Trinajstić information content (AvgIpc) is 3.08. The van der Waals surface area contributed by atoms with Crippen molar-refractivity contribution in [3.05, 3.63) is 57.8 Å². The molecule has 0 unspecified atom stereocenters. The van der Waals surface area contributed by atoms with Gasteiger partial charge in [-0.05, 0) is 25.1 Å². The van der Waals surface area contributed by atoms with Gasteiger partial charge in [-0.3, -0.25) is 9.59 Å². The Morgan fingerprint density at radius 2 is 2.11 bits per heavy atom. The van der Waals surface area contributed by atoms with Crippen molar-refractivity contribution in [3.63, 3.8) is 0 Å². The number of carbonyl (C=O) groups is 2. The van der Waals surface area contributed by atoms with Crippen LogP contribution in [0.3, 0.4) is 0 Å². The second-order valence-electron chi connectivity index (χ2n) is 5.49. The fourth-order valence-corrected chi connectivity index (χ4v) is 2.53. The van der Waals surface area contributed by atoms with Gasteiger partial charge in [0, 0.05) is 18.0 Å². The van der Waals surface area contributed by atoms with Crippen molar-refractivity contribution in [3.8, 4) is 5.69 Å². The van der Waals surface area contributed by atoms with Crippen molar-refractivity contribution in [2.75, 3.05) is 6.61 Å². The summed E-state index contributed by atoms with van der Waals surface area (Å²) >= 11 is 0. The van der Waals surface area contributed by atoms with E-state index in [1.54, 1.807) is 0 Å². The Kier molecular flexibility index (Phi) is 4.56. The largest absolute Gasteiger partial charge is 0.461 e. The summed E-state index contributed by atoms with van der Waals surface area (Å²) in [5, 5.41) is 0. The Labute approximate surface area is 149 Å². The highest BCUT2D eigenvalue weighted by atomic mass is 19.4. The number of H-pyrrole nitrogens is 1. The molecule has 10 heteroatoms. The van der Waals surface area contributed by atoms with E-state index in [-0.39, 0.29) is 28.9 Å². The molecular formula is C17H12F3N3O4. The number of rotatable bonds is 4. The summed E-state index contributed by atoms with van der Waals surface area (Å²) in [5.41, 5.74) is -2.90. The standard InChI is InChI=1S/C17H12F3N3O4/c1-2-27-16(26)14-15(25)22-11-5-10(17(18,19)20)13(6-12(11)21-14)23-4-3-9(7-23)8-24/h3-8H,2H2,1H3,(H,22,25). The molecule has 0 radical (unpaired) electrons. The summed E-state index contributed by atoms with van der Waals surface area (Å²) in [6.07, 6.45) is -1.72. The van der Waals surface area contributed by atoms with Crippen LogP contribution in [0.15, 0.2) is 35.4 Å². The van der Waals surface area contributed by atoms with Crippen LogP contribution < -0.4 is 5.56 Å². The Hall–Kier alpha value is -3.43. The van der Waals surface area contributed by atoms with Crippen LogP contribution in [0.25, 0.3) is 16.7 Å². The van der Waals surface area contributed by atoms with Crippen LogP contribution >= 0.6 is 0 Å². The second kappa shape index (κ2) is 6.71. The molecule has 0 aliphatic rings. The van der Waals surface area contributed by atoms with E-state index in [2.05, 4.69) is 9.97 Å². The van der Waals surface area contributed by atoms with Gasteiger partial charge >= 0.3 is 12.1 Å². The van der Waals surface area contributed by atoms with E-state index in [9.17, 15) is 27.6 Å². The van der Waals surface area contributed by atoms with Gasteiger partial charge in [0.05, 0.1) is 28.9 Å². The summed E-state index contributed by atoms with van der Waals surface area (Å²) < 4.78 is 46.3. The topological polar surface area (TPSA) is 94.0 Å². The van der Waals surface area contributed by atoms with Crippen molar-refractivity contribution in [1.82, 2.24) is 14.5 Å². The molecule has 2 aromatic heterocycles. The van der Waals surface area contributed by atoms with E-state index < -0.39 is 29.0 Å². The molecule has 1 aromatic carbocycles. The molecular weight excluding hydrogens is 367 g/mol. The molecule has 0 spiro atoms. The summed E-state index contributed by atoms with van der Waals surface area (Å²) in [5.74, 6) is -0.980. The number of aromatic amines is 1. The molecule has 1 N–H and O–H groups in total. The molecule has 0 saturated heterocycles. The SMILES string of the molecule is CCOC(=O)c1nc2cc(-n3ccc(C=O)c3)c(C(F)(F)F)cc2[nH]c1=O. The molecule has 0 amide bonds. The van der Waals surface area contributed by atoms with Gasteiger partial charge in [0.15, 0.2) is 6.29 Å². The minimum atomic E-state index is -4.73. The number of nitrogens with zero attached hydrogens (tertiary/aromatic N) is 2. The van der Waals surface area contributed by atoms with Gasteiger partial charge in [-0.25, -0.2) is 9.78 Å². The summed E-state index contributed by atoms with van der Waals surface area (Å²) in [6.45, 7) is 1.55. The molecule has 0 atom stereocenters. The fourth-order valence-electron chi connectivity index (χ4n) is 2.53. The zero-order valence-corrected chi connectivity index (χ0v) is 13.8. The molecule has 3 aromatic rings. The lowest BCUT2D eigenvalue weighted by Crippen LogP contribution is -2.22. The number of ether oxygens (including phenoxy) is 1. The highest BCUT2D eigenvalue weighted by Crippen LogP contribution is 2.35. The number of alkyl halides is 3. The third kappa shape index (κ3) is 3.46. The Bertz CT molecular complexity index is 1100. The number of carbonyl (C=O) groups excluding carboxylic acids is 2. The third-order valence-corrected chi connectivity index (χ3v) is 3.71. The van der Waals surface area contributed by atoms with E-state index in [0.717, 1.165) is 16.7 Å². The second-order valence-corrected chi connectivity index (χ2v) is 5.49. The van der Waals surface area contributed by atoms with Crippen molar-refractivity contribution < 1.29 is 27.5 Å². The molecule has 7 nitrogen and oxygen atoms in total. The van der Waals surface area contributed by atoms with Crippen LogP contribution in [-0.2, 0) is 10.9 Å². The van der Waals surface area contributed by atoms with Gasteiger partial charge in [0.2, 0.25) is 5.69 Å². The van der Waals surface area contributed by atoms with Gasteiger partial charge in [-0.2, -0.15) is 13.2 Å². The lowest BCUT2D eigenvalue weighted by molar-refractivity contribution is -0.137. The Morgan fingerprint density at radius 1 is 1.37 bits per heavy atom. The first kappa shape index (κ1) is 18.4. The first-order valence-electron chi connectivity index (χ1n) is 7.70. The number of aldehydes is 1.